The molecule has 1 radical (unpaired) electrons. The van der Waals surface area contributed by atoms with Crippen molar-refractivity contribution >= 4 is 5.78 Å². The molecule has 0 amide bonds. The molecular weight excluding hydrogens is 273 g/mol. The van der Waals surface area contributed by atoms with Crippen molar-refractivity contribution in [2.45, 2.75) is 33.6 Å². The van der Waals surface area contributed by atoms with Crippen molar-refractivity contribution in [2.24, 2.45) is 0 Å². The first-order valence-corrected chi connectivity index (χ1v) is 5.24. The van der Waals surface area contributed by atoms with E-state index in [1.807, 2.05) is 6.08 Å². The first kappa shape index (κ1) is 15.7. The van der Waals surface area contributed by atoms with Crippen LogP contribution in [0.4, 0.5) is 0 Å². The summed E-state index contributed by atoms with van der Waals surface area (Å²) in [4.78, 5) is 10.7. The standard InChI is InChI=1S/C14H17O.Y/c1-11-8-12(2)10-14(9-11)7-5-4-6-13(3)15;/h4,6,9-10H,5,7H2,1-3H3;/q-1;/b6-4+;. The second-order valence-corrected chi connectivity index (χ2v) is 3.91. The van der Waals surface area contributed by atoms with Gasteiger partial charge in [0.25, 0.3) is 0 Å². The Morgan fingerprint density at radius 3 is 2.38 bits per heavy atom. The van der Waals surface area contributed by atoms with E-state index < -0.39 is 0 Å². The average Bonchev–Trinajstić information content (AvgIpc) is 2.10. The van der Waals surface area contributed by atoms with Crippen LogP contribution in [0.25, 0.3) is 0 Å². The average molecular weight is 290 g/mol. The van der Waals surface area contributed by atoms with Gasteiger partial charge in [-0.2, -0.15) is 34.9 Å². The molecule has 0 N–H and O–H groups in total. The zero-order valence-electron chi connectivity index (χ0n) is 10.2. The van der Waals surface area contributed by atoms with E-state index >= 15 is 0 Å². The minimum atomic E-state index is 0. The molecule has 1 rings (SSSR count). The molecule has 0 spiro atoms. The smallest absolute Gasteiger partial charge is 0.152 e. The maximum Gasteiger partial charge on any atom is 0.152 e. The monoisotopic (exact) mass is 290 g/mol. The van der Waals surface area contributed by atoms with Crippen LogP contribution in [0.5, 0.6) is 0 Å². The largest absolute Gasteiger partial charge is 0.295 e. The molecule has 0 bridgehead atoms. The quantitative estimate of drug-likeness (QED) is 0.615. The summed E-state index contributed by atoms with van der Waals surface area (Å²) in [7, 11) is 0. The SMILES string of the molecule is CC(=O)/C=C/CCc1cc(C)[c-]c(C)c1.[Y]. The number of ketones is 1. The molecule has 1 aromatic rings. The summed E-state index contributed by atoms with van der Waals surface area (Å²) in [5.74, 6) is 0.115. The van der Waals surface area contributed by atoms with Gasteiger partial charge >= 0.3 is 0 Å². The Balaban J connectivity index is 0.00000225. The normalized spacial score (nSPS) is 10.2. The van der Waals surface area contributed by atoms with Crippen LogP contribution in [0.2, 0.25) is 0 Å². The van der Waals surface area contributed by atoms with Crippen LogP contribution in [0.1, 0.15) is 30.0 Å². The first-order valence-electron chi connectivity index (χ1n) is 5.24. The van der Waals surface area contributed by atoms with E-state index in [2.05, 4.69) is 32.0 Å². The summed E-state index contributed by atoms with van der Waals surface area (Å²) in [6.07, 6.45) is 5.47. The third-order valence-electron chi connectivity index (χ3n) is 2.15. The first-order chi connectivity index (χ1) is 7.08. The fourth-order valence-electron chi connectivity index (χ4n) is 1.62. The Morgan fingerprint density at radius 1 is 1.31 bits per heavy atom. The van der Waals surface area contributed by atoms with E-state index in [0.717, 1.165) is 12.8 Å². The van der Waals surface area contributed by atoms with Crippen LogP contribution >= 0.6 is 0 Å². The molecule has 1 aromatic carbocycles. The summed E-state index contributed by atoms with van der Waals surface area (Å²) < 4.78 is 0. The zero-order chi connectivity index (χ0) is 11.3. The van der Waals surface area contributed by atoms with Crippen LogP contribution in [-0.2, 0) is 43.9 Å². The molecule has 0 aliphatic carbocycles. The number of benzene rings is 1. The van der Waals surface area contributed by atoms with Crippen molar-refractivity contribution in [1.29, 1.82) is 0 Å². The Hall–Kier alpha value is -0.266. The molecular formula is C14H17OY-. The van der Waals surface area contributed by atoms with E-state index in [0.29, 0.717) is 0 Å². The number of allylic oxidation sites excluding steroid dienone is 2. The minimum absolute atomic E-state index is 0. The van der Waals surface area contributed by atoms with Crippen molar-refractivity contribution in [2.75, 3.05) is 0 Å². The third-order valence-corrected chi connectivity index (χ3v) is 2.15. The molecule has 0 fully saturated rings. The molecule has 16 heavy (non-hydrogen) atoms. The van der Waals surface area contributed by atoms with Gasteiger partial charge in [0.15, 0.2) is 5.78 Å². The van der Waals surface area contributed by atoms with Gasteiger partial charge in [-0.3, -0.25) is 4.79 Å². The van der Waals surface area contributed by atoms with Crippen molar-refractivity contribution in [1.82, 2.24) is 0 Å². The Bertz CT molecular complexity index is 360. The van der Waals surface area contributed by atoms with Gasteiger partial charge in [-0.25, -0.2) is 0 Å². The van der Waals surface area contributed by atoms with Crippen LogP contribution in [0.3, 0.4) is 0 Å². The number of rotatable bonds is 4. The molecule has 0 heterocycles. The third kappa shape index (κ3) is 6.35. The summed E-state index contributed by atoms with van der Waals surface area (Å²) in [6.45, 7) is 5.69. The second kappa shape index (κ2) is 7.92. The fraction of sp³-hybridized carbons (Fsp3) is 0.357. The van der Waals surface area contributed by atoms with Crippen molar-refractivity contribution in [3.8, 4) is 0 Å². The number of aryl methyl sites for hydroxylation is 3. The van der Waals surface area contributed by atoms with Gasteiger partial charge in [-0.15, -0.1) is 0 Å². The van der Waals surface area contributed by atoms with E-state index in [1.54, 1.807) is 13.0 Å². The Morgan fingerprint density at radius 2 is 1.88 bits per heavy atom. The summed E-state index contributed by atoms with van der Waals surface area (Å²) in [5, 5.41) is 0. The van der Waals surface area contributed by atoms with Gasteiger partial charge in [0, 0.05) is 32.7 Å². The molecule has 0 atom stereocenters. The number of hydrogen-bond donors (Lipinski definition) is 0. The van der Waals surface area contributed by atoms with Gasteiger partial charge in [-0.1, -0.05) is 19.9 Å². The van der Waals surface area contributed by atoms with Gasteiger partial charge < -0.3 is 0 Å². The maximum atomic E-state index is 10.7. The molecule has 0 saturated carbocycles. The van der Waals surface area contributed by atoms with E-state index in [-0.39, 0.29) is 38.5 Å². The van der Waals surface area contributed by atoms with Crippen molar-refractivity contribution in [3.63, 3.8) is 0 Å². The molecule has 2 heteroatoms. The second-order valence-electron chi connectivity index (χ2n) is 3.91. The molecule has 0 aromatic heterocycles. The molecule has 0 aliphatic rings. The minimum Gasteiger partial charge on any atom is -0.295 e. The van der Waals surface area contributed by atoms with Gasteiger partial charge in [-0.05, 0) is 25.8 Å². The van der Waals surface area contributed by atoms with E-state index in [1.165, 1.54) is 16.7 Å². The summed E-state index contributed by atoms with van der Waals surface area (Å²) >= 11 is 0. The van der Waals surface area contributed by atoms with E-state index in [9.17, 15) is 4.79 Å². The number of hydrogen-bond acceptors (Lipinski definition) is 1. The topological polar surface area (TPSA) is 17.1 Å². The Kier molecular flexibility index (Phi) is 7.79. The van der Waals surface area contributed by atoms with Crippen LogP contribution in [0, 0.1) is 19.9 Å². The molecule has 83 valence electrons. The van der Waals surface area contributed by atoms with Crippen molar-refractivity contribution in [3.05, 3.63) is 47.0 Å². The van der Waals surface area contributed by atoms with Crippen molar-refractivity contribution < 1.29 is 37.5 Å². The maximum absolute atomic E-state index is 10.7. The van der Waals surface area contributed by atoms with Crippen LogP contribution in [0.15, 0.2) is 24.3 Å². The van der Waals surface area contributed by atoms with Gasteiger partial charge in [0.2, 0.25) is 0 Å². The molecule has 1 nitrogen and oxygen atoms in total. The molecule has 0 saturated heterocycles. The predicted octanol–water partition coefficient (Wildman–Crippen LogP) is 3.18. The predicted molar refractivity (Wildman–Crippen MR) is 62.9 cm³/mol. The fourth-order valence-corrected chi connectivity index (χ4v) is 1.62. The van der Waals surface area contributed by atoms with Gasteiger partial charge in [0.1, 0.15) is 0 Å². The summed E-state index contributed by atoms with van der Waals surface area (Å²) in [6, 6.07) is 7.54. The number of carbonyl (C=O) groups excluding carboxylic acids is 1. The zero-order valence-corrected chi connectivity index (χ0v) is 13.0. The van der Waals surface area contributed by atoms with Crippen LogP contribution in [-0.4, -0.2) is 5.78 Å². The van der Waals surface area contributed by atoms with Gasteiger partial charge in [0.05, 0.1) is 0 Å². The summed E-state index contributed by atoms with van der Waals surface area (Å²) in [5.41, 5.74) is 3.68. The molecule has 0 aliphatic heterocycles. The van der Waals surface area contributed by atoms with E-state index in [4.69, 9.17) is 0 Å². The van der Waals surface area contributed by atoms with Crippen LogP contribution < -0.4 is 0 Å². The number of carbonyl (C=O) groups is 1. The Labute approximate surface area is 123 Å². The molecule has 0 unspecified atom stereocenters.